The van der Waals surface area contributed by atoms with E-state index in [0.717, 1.165) is 24.5 Å². The Morgan fingerprint density at radius 1 is 1.00 bits per heavy atom. The lowest BCUT2D eigenvalue weighted by Gasteiger charge is -2.37. The van der Waals surface area contributed by atoms with E-state index in [1.54, 1.807) is 12.1 Å². The van der Waals surface area contributed by atoms with Crippen molar-refractivity contribution < 1.29 is 22.8 Å². The molecule has 2 fully saturated rings. The lowest BCUT2D eigenvalue weighted by Crippen LogP contribution is -2.48. The van der Waals surface area contributed by atoms with Gasteiger partial charge in [0.1, 0.15) is 23.4 Å². The number of aromatic nitrogens is 1. The monoisotopic (exact) mass is 455 g/mol. The Morgan fingerprint density at radius 3 is 2.52 bits per heavy atom. The van der Waals surface area contributed by atoms with E-state index < -0.39 is 17.6 Å². The largest absolute Gasteiger partial charge is 0.355 e. The summed E-state index contributed by atoms with van der Waals surface area (Å²) in [7, 11) is 0. The second-order valence-electron chi connectivity index (χ2n) is 8.94. The number of halogens is 3. The minimum absolute atomic E-state index is 0.0479. The van der Waals surface area contributed by atoms with Crippen molar-refractivity contribution in [3.8, 4) is 11.3 Å². The molecule has 8 heteroatoms. The van der Waals surface area contributed by atoms with Gasteiger partial charge >= 0.3 is 0 Å². The number of hydrogen-bond donors (Lipinski definition) is 3. The number of amides is 2. The molecule has 0 spiro atoms. The Balaban J connectivity index is 1.40. The highest BCUT2D eigenvalue weighted by atomic mass is 19.1. The van der Waals surface area contributed by atoms with E-state index in [9.17, 15) is 22.8 Å². The third-order valence-corrected chi connectivity index (χ3v) is 6.74. The quantitative estimate of drug-likeness (QED) is 0.506. The molecular weight excluding hydrogens is 431 g/mol. The topological polar surface area (TPSA) is 74.0 Å². The van der Waals surface area contributed by atoms with Gasteiger partial charge in [0.25, 0.3) is 0 Å². The van der Waals surface area contributed by atoms with Crippen LogP contribution in [-0.2, 0) is 9.59 Å². The minimum Gasteiger partial charge on any atom is -0.355 e. The standard InChI is InChI=1S/C25H24F3N3O2/c26-15-6-4-13(5-7-15)22-21(19-11-16(27)12-20(28)23(19)31-22)14-9-17(10-14)30-25(33)18-3-1-2-8-29-24(18)32/h4-7,11-12,14,17-18,31H,1-3,8-10H2,(H,29,32)(H,30,33). The first-order valence-electron chi connectivity index (χ1n) is 11.3. The van der Waals surface area contributed by atoms with Gasteiger partial charge in [0.05, 0.1) is 11.2 Å². The van der Waals surface area contributed by atoms with Crippen LogP contribution < -0.4 is 10.6 Å². The maximum Gasteiger partial charge on any atom is 0.232 e. The maximum atomic E-state index is 14.5. The third kappa shape index (κ3) is 4.10. The summed E-state index contributed by atoms with van der Waals surface area (Å²) >= 11 is 0. The fourth-order valence-electron chi connectivity index (χ4n) is 4.97. The molecule has 1 saturated heterocycles. The van der Waals surface area contributed by atoms with E-state index >= 15 is 0 Å². The number of fused-ring (bicyclic) bond motifs is 1. The molecule has 1 atom stereocenters. The molecule has 5 nitrogen and oxygen atoms in total. The molecule has 5 rings (SSSR count). The van der Waals surface area contributed by atoms with Crippen LogP contribution in [0.5, 0.6) is 0 Å². The molecule has 2 heterocycles. The van der Waals surface area contributed by atoms with Crippen LogP contribution in [0.25, 0.3) is 22.2 Å². The van der Waals surface area contributed by atoms with Gasteiger partial charge in [-0.25, -0.2) is 13.2 Å². The van der Waals surface area contributed by atoms with Crippen molar-refractivity contribution in [3.05, 3.63) is 59.4 Å². The van der Waals surface area contributed by atoms with Crippen molar-refractivity contribution in [3.63, 3.8) is 0 Å². The van der Waals surface area contributed by atoms with Crippen molar-refractivity contribution >= 4 is 22.7 Å². The van der Waals surface area contributed by atoms with Gasteiger partial charge in [-0.2, -0.15) is 0 Å². The average Bonchev–Trinajstić information content (AvgIpc) is 2.97. The molecule has 3 N–H and O–H groups in total. The third-order valence-electron chi connectivity index (χ3n) is 6.74. The summed E-state index contributed by atoms with van der Waals surface area (Å²) in [6, 6.07) is 7.85. The predicted octanol–water partition coefficient (Wildman–Crippen LogP) is 4.53. The van der Waals surface area contributed by atoms with Crippen molar-refractivity contribution in [1.29, 1.82) is 0 Å². The zero-order chi connectivity index (χ0) is 23.1. The van der Waals surface area contributed by atoms with Gasteiger partial charge in [0, 0.05) is 24.0 Å². The van der Waals surface area contributed by atoms with E-state index in [0.29, 0.717) is 42.5 Å². The molecule has 3 aromatic rings. The Morgan fingerprint density at radius 2 is 1.76 bits per heavy atom. The number of benzene rings is 2. The summed E-state index contributed by atoms with van der Waals surface area (Å²) in [4.78, 5) is 27.9. The lowest BCUT2D eigenvalue weighted by molar-refractivity contribution is -0.135. The van der Waals surface area contributed by atoms with Crippen LogP contribution >= 0.6 is 0 Å². The number of hydrogen-bond acceptors (Lipinski definition) is 2. The van der Waals surface area contributed by atoms with E-state index in [4.69, 9.17) is 0 Å². The highest BCUT2D eigenvalue weighted by Gasteiger charge is 2.37. The molecule has 1 aliphatic heterocycles. The first kappa shape index (κ1) is 21.6. The molecule has 1 saturated carbocycles. The van der Waals surface area contributed by atoms with Crippen LogP contribution in [0.1, 0.15) is 43.6 Å². The second kappa shape index (κ2) is 8.57. The van der Waals surface area contributed by atoms with E-state index in [-0.39, 0.29) is 35.1 Å². The zero-order valence-electron chi connectivity index (χ0n) is 17.9. The molecule has 0 radical (unpaired) electrons. The number of nitrogens with one attached hydrogen (secondary N) is 3. The van der Waals surface area contributed by atoms with Crippen LogP contribution in [0.3, 0.4) is 0 Å². The van der Waals surface area contributed by atoms with Crippen molar-refractivity contribution in [2.75, 3.05) is 6.54 Å². The highest BCUT2D eigenvalue weighted by Crippen LogP contribution is 2.45. The summed E-state index contributed by atoms with van der Waals surface area (Å²) in [6.45, 7) is 0.591. The highest BCUT2D eigenvalue weighted by molar-refractivity contribution is 6.00. The Bertz CT molecular complexity index is 1220. The number of carbonyl (C=O) groups excluding carboxylic acids is 2. The van der Waals surface area contributed by atoms with Crippen LogP contribution in [-0.4, -0.2) is 29.4 Å². The Hall–Kier alpha value is -3.29. The van der Waals surface area contributed by atoms with Crippen molar-refractivity contribution in [2.24, 2.45) is 5.92 Å². The van der Waals surface area contributed by atoms with Gasteiger partial charge in [-0.3, -0.25) is 9.59 Å². The zero-order valence-corrected chi connectivity index (χ0v) is 17.9. The summed E-state index contributed by atoms with van der Waals surface area (Å²) in [5.41, 5.74) is 2.25. The van der Waals surface area contributed by atoms with Gasteiger partial charge in [0.15, 0.2) is 0 Å². The molecule has 1 aliphatic carbocycles. The summed E-state index contributed by atoms with van der Waals surface area (Å²) in [5, 5.41) is 6.19. The molecule has 33 heavy (non-hydrogen) atoms. The molecule has 1 aromatic heterocycles. The summed E-state index contributed by atoms with van der Waals surface area (Å²) in [5.74, 6) is -2.99. The fraction of sp³-hybridized carbons (Fsp3) is 0.360. The lowest BCUT2D eigenvalue weighted by atomic mass is 9.74. The molecule has 2 aliphatic rings. The first-order valence-corrected chi connectivity index (χ1v) is 11.3. The second-order valence-corrected chi connectivity index (χ2v) is 8.94. The Kier molecular flexibility index (Phi) is 5.60. The molecule has 0 bridgehead atoms. The number of aromatic amines is 1. The molecule has 2 amide bonds. The number of H-pyrrole nitrogens is 1. The van der Waals surface area contributed by atoms with Gasteiger partial charge in [-0.15, -0.1) is 0 Å². The number of rotatable bonds is 4. The Labute approximate surface area is 188 Å². The normalized spacial score (nSPS) is 23.0. The first-order chi connectivity index (χ1) is 15.9. The van der Waals surface area contributed by atoms with Crippen molar-refractivity contribution in [1.82, 2.24) is 15.6 Å². The molecular formula is C25H24F3N3O2. The number of carbonyl (C=O) groups is 2. The van der Waals surface area contributed by atoms with Crippen molar-refractivity contribution in [2.45, 2.75) is 44.1 Å². The van der Waals surface area contributed by atoms with E-state index in [1.165, 1.54) is 18.2 Å². The van der Waals surface area contributed by atoms with Crippen LogP contribution in [0.15, 0.2) is 36.4 Å². The maximum absolute atomic E-state index is 14.5. The van der Waals surface area contributed by atoms with Crippen LogP contribution in [0.2, 0.25) is 0 Å². The van der Waals surface area contributed by atoms with Crippen LogP contribution in [0, 0.1) is 23.4 Å². The average molecular weight is 455 g/mol. The van der Waals surface area contributed by atoms with Gasteiger partial charge in [-0.05, 0) is 73.1 Å². The summed E-state index contributed by atoms with van der Waals surface area (Å²) < 4.78 is 42.0. The minimum atomic E-state index is -0.692. The van der Waals surface area contributed by atoms with Gasteiger partial charge in [0.2, 0.25) is 11.8 Å². The van der Waals surface area contributed by atoms with Gasteiger partial charge < -0.3 is 15.6 Å². The van der Waals surface area contributed by atoms with E-state index in [2.05, 4.69) is 15.6 Å². The van der Waals surface area contributed by atoms with Gasteiger partial charge in [-0.1, -0.05) is 6.42 Å². The SMILES string of the molecule is O=C1NCCCCC1C(=O)NC1CC(c2c(-c3ccc(F)cc3)[nH]c3c(F)cc(F)cc23)C1. The smallest absolute Gasteiger partial charge is 0.232 e. The molecule has 172 valence electrons. The van der Waals surface area contributed by atoms with Crippen LogP contribution in [0.4, 0.5) is 13.2 Å². The van der Waals surface area contributed by atoms with E-state index in [1.807, 2.05) is 0 Å². The molecule has 1 unspecified atom stereocenters. The molecule has 2 aromatic carbocycles. The fourth-order valence-corrected chi connectivity index (χ4v) is 4.97. The summed E-state index contributed by atoms with van der Waals surface area (Å²) in [6.07, 6.45) is 3.38. The predicted molar refractivity (Wildman–Crippen MR) is 118 cm³/mol.